The van der Waals surface area contributed by atoms with Gasteiger partial charge in [-0.3, -0.25) is 4.79 Å². The van der Waals surface area contributed by atoms with Crippen LogP contribution < -0.4 is 5.32 Å². The van der Waals surface area contributed by atoms with Crippen molar-refractivity contribution >= 4 is 21.8 Å². The monoisotopic (exact) mass is 429 g/mol. The third-order valence-electron chi connectivity index (χ3n) is 4.84. The van der Waals surface area contributed by atoms with Gasteiger partial charge in [-0.25, -0.2) is 8.42 Å². The van der Waals surface area contributed by atoms with Crippen molar-refractivity contribution in [3.63, 3.8) is 0 Å². The zero-order valence-corrected chi connectivity index (χ0v) is 19.5. The molecule has 0 saturated carbocycles. The lowest BCUT2D eigenvalue weighted by Gasteiger charge is -2.28. The van der Waals surface area contributed by atoms with E-state index in [0.29, 0.717) is 16.7 Å². The average molecular weight is 430 g/mol. The summed E-state index contributed by atoms with van der Waals surface area (Å²) >= 11 is 0. The van der Waals surface area contributed by atoms with Gasteiger partial charge in [-0.05, 0) is 46.7 Å². The van der Waals surface area contributed by atoms with Crippen LogP contribution in [-0.4, -0.2) is 26.5 Å². The second-order valence-electron chi connectivity index (χ2n) is 9.37. The van der Waals surface area contributed by atoms with Crippen LogP contribution in [0.25, 0.3) is 6.08 Å². The Balaban J connectivity index is 2.83. The smallest absolute Gasteiger partial charge is 0.262 e. The molecule has 0 unspecified atom stereocenters. The molecule has 30 heavy (non-hydrogen) atoms. The maximum absolute atomic E-state index is 13.2. The zero-order chi connectivity index (χ0) is 22.9. The molecule has 0 atom stereocenters. The Bertz CT molecular complexity index is 1040. The van der Waals surface area contributed by atoms with Gasteiger partial charge in [0.15, 0.2) is 0 Å². The van der Waals surface area contributed by atoms with E-state index in [4.69, 9.17) is 0 Å². The second kappa shape index (κ2) is 8.26. The van der Waals surface area contributed by atoms with Gasteiger partial charge in [0.05, 0.1) is 4.90 Å². The van der Waals surface area contributed by atoms with Crippen LogP contribution in [0.4, 0.5) is 0 Å². The Hall–Kier alpha value is -2.60. The molecule has 0 aliphatic heterocycles. The van der Waals surface area contributed by atoms with Crippen molar-refractivity contribution in [3.05, 3.63) is 64.1 Å². The number of rotatable bonds is 4. The predicted octanol–water partition coefficient (Wildman–Crippen LogP) is 4.55. The highest BCUT2D eigenvalue weighted by molar-refractivity contribution is 7.96. The molecule has 0 aromatic heterocycles. The summed E-state index contributed by atoms with van der Waals surface area (Å²) in [5.74, 6) is -0.499. The first-order valence-electron chi connectivity index (χ1n) is 9.81. The standard InChI is InChI=1S/C24H31NO4S/c1-23(2,3)18-13-16(14-19(21(18)26)24(4,5)6)15-20(22(27)25-7)30(28,29)17-11-9-8-10-12-17/h8-15,26H,1-7H3,(H,25,27)/b20-15+. The van der Waals surface area contributed by atoms with Gasteiger partial charge in [-0.1, -0.05) is 59.7 Å². The van der Waals surface area contributed by atoms with Gasteiger partial charge in [0.1, 0.15) is 10.7 Å². The summed E-state index contributed by atoms with van der Waals surface area (Å²) in [5.41, 5.74) is 1.17. The molecule has 2 N–H and O–H groups in total. The van der Waals surface area contributed by atoms with E-state index in [1.807, 2.05) is 41.5 Å². The molecule has 0 fully saturated rings. The van der Waals surface area contributed by atoms with Crippen molar-refractivity contribution < 1.29 is 18.3 Å². The summed E-state index contributed by atoms with van der Waals surface area (Å²) in [5, 5.41) is 13.3. The maximum atomic E-state index is 13.2. The SMILES string of the molecule is CNC(=O)/C(=C\c1cc(C(C)(C)C)c(O)c(C(C)(C)C)c1)S(=O)(=O)c1ccccc1. The summed E-state index contributed by atoms with van der Waals surface area (Å²) in [6.45, 7) is 11.8. The van der Waals surface area contributed by atoms with Crippen molar-refractivity contribution in [1.82, 2.24) is 5.32 Å². The average Bonchev–Trinajstić information content (AvgIpc) is 2.65. The molecule has 0 saturated heterocycles. The van der Waals surface area contributed by atoms with Crippen LogP contribution in [0.3, 0.4) is 0 Å². The summed E-state index contributed by atoms with van der Waals surface area (Å²) in [6.07, 6.45) is 1.38. The lowest BCUT2D eigenvalue weighted by molar-refractivity contribution is -0.116. The Morgan fingerprint density at radius 3 is 1.80 bits per heavy atom. The molecule has 0 radical (unpaired) electrons. The summed E-state index contributed by atoms with van der Waals surface area (Å²) in [7, 11) is -2.63. The van der Waals surface area contributed by atoms with Crippen LogP contribution in [0.1, 0.15) is 58.2 Å². The minimum atomic E-state index is -4.03. The van der Waals surface area contributed by atoms with Crippen molar-refractivity contribution in [2.24, 2.45) is 0 Å². The third kappa shape index (κ3) is 4.93. The minimum Gasteiger partial charge on any atom is -0.507 e. The highest BCUT2D eigenvalue weighted by Crippen LogP contribution is 2.40. The number of phenols is 1. The van der Waals surface area contributed by atoms with Crippen molar-refractivity contribution in [2.75, 3.05) is 7.05 Å². The molecule has 6 heteroatoms. The van der Waals surface area contributed by atoms with Crippen LogP contribution in [0.5, 0.6) is 5.75 Å². The van der Waals surface area contributed by atoms with Crippen LogP contribution in [-0.2, 0) is 25.5 Å². The van der Waals surface area contributed by atoms with Crippen LogP contribution in [0, 0.1) is 0 Å². The molecule has 2 aromatic rings. The third-order valence-corrected chi connectivity index (χ3v) is 6.61. The maximum Gasteiger partial charge on any atom is 0.262 e. The number of phenolic OH excluding ortho intramolecular Hbond substituents is 1. The molecule has 0 aliphatic carbocycles. The zero-order valence-electron chi connectivity index (χ0n) is 18.7. The Morgan fingerprint density at radius 2 is 1.40 bits per heavy atom. The van der Waals surface area contributed by atoms with E-state index in [1.165, 1.54) is 25.3 Å². The first kappa shape index (κ1) is 23.7. The molecule has 0 spiro atoms. The first-order chi connectivity index (χ1) is 13.7. The number of nitrogens with one attached hydrogen (secondary N) is 1. The van der Waals surface area contributed by atoms with Gasteiger partial charge in [0, 0.05) is 18.2 Å². The van der Waals surface area contributed by atoms with Gasteiger partial charge in [-0.15, -0.1) is 0 Å². The van der Waals surface area contributed by atoms with Crippen LogP contribution in [0.2, 0.25) is 0 Å². The lowest BCUT2D eigenvalue weighted by atomic mass is 9.78. The molecule has 0 bridgehead atoms. The fourth-order valence-corrected chi connectivity index (χ4v) is 4.56. The quantitative estimate of drug-likeness (QED) is 0.699. The number of aromatic hydroxyl groups is 1. The van der Waals surface area contributed by atoms with E-state index in [-0.39, 0.29) is 26.4 Å². The molecule has 2 rings (SSSR count). The molecule has 162 valence electrons. The minimum absolute atomic E-state index is 0.0470. The van der Waals surface area contributed by atoms with Crippen molar-refractivity contribution in [3.8, 4) is 5.75 Å². The highest BCUT2D eigenvalue weighted by Gasteiger charge is 2.29. The topological polar surface area (TPSA) is 83.5 Å². The van der Waals surface area contributed by atoms with Crippen LogP contribution in [0.15, 0.2) is 52.3 Å². The number of carbonyl (C=O) groups is 1. The Labute approximate surface area is 179 Å². The summed E-state index contributed by atoms with van der Waals surface area (Å²) in [4.78, 5) is 12.3. The van der Waals surface area contributed by atoms with E-state index in [2.05, 4.69) is 5.32 Å². The fourth-order valence-electron chi connectivity index (χ4n) is 3.15. The number of hydrogen-bond donors (Lipinski definition) is 2. The first-order valence-corrected chi connectivity index (χ1v) is 11.3. The Kier molecular flexibility index (Phi) is 6.52. The Morgan fingerprint density at radius 1 is 0.933 bits per heavy atom. The van der Waals surface area contributed by atoms with Gasteiger partial charge in [0.25, 0.3) is 5.91 Å². The molecule has 1 amide bonds. The van der Waals surface area contributed by atoms with Crippen molar-refractivity contribution in [2.45, 2.75) is 57.3 Å². The number of sulfone groups is 1. The molecule has 0 heterocycles. The van der Waals surface area contributed by atoms with E-state index < -0.39 is 15.7 Å². The molecule has 2 aromatic carbocycles. The van der Waals surface area contributed by atoms with Gasteiger partial charge in [0.2, 0.25) is 9.84 Å². The largest absolute Gasteiger partial charge is 0.507 e. The van der Waals surface area contributed by atoms with E-state index in [1.54, 1.807) is 30.3 Å². The highest BCUT2D eigenvalue weighted by atomic mass is 32.2. The fraction of sp³-hybridized carbons (Fsp3) is 0.375. The van der Waals surface area contributed by atoms with E-state index >= 15 is 0 Å². The normalized spacial score (nSPS) is 13.2. The second-order valence-corrected chi connectivity index (χ2v) is 11.3. The van der Waals surface area contributed by atoms with Gasteiger partial charge < -0.3 is 10.4 Å². The number of amides is 1. The summed E-state index contributed by atoms with van der Waals surface area (Å²) < 4.78 is 26.4. The summed E-state index contributed by atoms with van der Waals surface area (Å²) in [6, 6.07) is 11.4. The number of benzene rings is 2. The number of hydrogen-bond acceptors (Lipinski definition) is 4. The molecule has 0 aliphatic rings. The van der Waals surface area contributed by atoms with E-state index in [9.17, 15) is 18.3 Å². The van der Waals surface area contributed by atoms with Gasteiger partial charge in [-0.2, -0.15) is 0 Å². The number of carbonyl (C=O) groups excluding carboxylic acids is 1. The molecular weight excluding hydrogens is 398 g/mol. The lowest BCUT2D eigenvalue weighted by Crippen LogP contribution is -2.25. The molecule has 5 nitrogen and oxygen atoms in total. The van der Waals surface area contributed by atoms with Crippen LogP contribution >= 0.6 is 0 Å². The molecular formula is C24H31NO4S. The van der Waals surface area contributed by atoms with Gasteiger partial charge >= 0.3 is 0 Å². The predicted molar refractivity (Wildman–Crippen MR) is 121 cm³/mol. The number of likely N-dealkylation sites (N-methyl/N-ethyl adjacent to an activating group) is 1. The van der Waals surface area contributed by atoms with E-state index in [0.717, 1.165) is 0 Å². The van der Waals surface area contributed by atoms with Crippen molar-refractivity contribution in [1.29, 1.82) is 0 Å².